The van der Waals surface area contributed by atoms with Crippen molar-refractivity contribution in [2.75, 3.05) is 18.1 Å². The molecule has 0 atom stereocenters. The topological polar surface area (TPSA) is 77.8 Å². The summed E-state index contributed by atoms with van der Waals surface area (Å²) in [7, 11) is 0. The van der Waals surface area contributed by atoms with Gasteiger partial charge >= 0.3 is 0 Å². The fourth-order valence-corrected chi connectivity index (χ4v) is 1.30. The Morgan fingerprint density at radius 1 is 0.895 bits per heavy atom. The molecule has 0 spiro atoms. The largest absolute Gasteiger partial charge is 0.398 e. The quantitative estimate of drug-likeness (QED) is 0.893. The van der Waals surface area contributed by atoms with Crippen molar-refractivity contribution in [1.29, 1.82) is 0 Å². The van der Waals surface area contributed by atoms with Gasteiger partial charge in [-0.05, 0) is 17.7 Å². The van der Waals surface area contributed by atoms with E-state index in [1.54, 1.807) is 24.5 Å². The van der Waals surface area contributed by atoms with Crippen molar-refractivity contribution in [2.45, 2.75) is 13.1 Å². The lowest BCUT2D eigenvalue weighted by Gasteiger charge is -1.99. The number of rotatable bonds is 3. The zero-order chi connectivity index (χ0) is 14.1. The Bertz CT molecular complexity index is 506. The van der Waals surface area contributed by atoms with Crippen LogP contribution in [0.25, 0.3) is 0 Å². The molecule has 0 unspecified atom stereocenters. The average Bonchev–Trinajstić information content (AvgIpc) is 2.43. The summed E-state index contributed by atoms with van der Waals surface area (Å²) in [6.07, 6.45) is 6.51. The SMILES string of the molecule is Nc1ccncc1CCF.Nc1ccncc1CF. The number of nitrogens with zero attached hydrogens (tertiary/aromatic N) is 2. The molecule has 2 aromatic heterocycles. The van der Waals surface area contributed by atoms with E-state index in [0.29, 0.717) is 23.4 Å². The third-order valence-electron chi connectivity index (χ3n) is 2.39. The molecule has 2 heterocycles. The zero-order valence-electron chi connectivity index (χ0n) is 10.4. The third kappa shape index (κ3) is 4.87. The molecule has 0 amide bonds. The van der Waals surface area contributed by atoms with E-state index in [4.69, 9.17) is 11.5 Å². The Hall–Kier alpha value is -2.24. The molecule has 0 aliphatic carbocycles. The molecule has 2 aromatic rings. The van der Waals surface area contributed by atoms with Gasteiger partial charge in [-0.25, -0.2) is 4.39 Å². The highest BCUT2D eigenvalue weighted by atomic mass is 19.1. The van der Waals surface area contributed by atoms with Crippen LogP contribution in [0.4, 0.5) is 20.2 Å². The van der Waals surface area contributed by atoms with E-state index < -0.39 is 6.67 Å². The Morgan fingerprint density at radius 3 is 1.79 bits per heavy atom. The van der Waals surface area contributed by atoms with Gasteiger partial charge in [0.25, 0.3) is 0 Å². The summed E-state index contributed by atoms with van der Waals surface area (Å²) in [6.45, 7) is -0.921. The second-order valence-corrected chi connectivity index (χ2v) is 3.72. The molecule has 19 heavy (non-hydrogen) atoms. The number of anilines is 2. The maximum Gasteiger partial charge on any atom is 0.118 e. The highest BCUT2D eigenvalue weighted by Gasteiger charge is 1.96. The zero-order valence-corrected chi connectivity index (χ0v) is 10.4. The van der Waals surface area contributed by atoms with Crippen LogP contribution >= 0.6 is 0 Å². The predicted octanol–water partition coefficient (Wildman–Crippen LogP) is 2.31. The average molecular weight is 266 g/mol. The molecule has 6 heteroatoms. The lowest BCUT2D eigenvalue weighted by atomic mass is 10.2. The summed E-state index contributed by atoms with van der Waals surface area (Å²) in [4.78, 5) is 7.51. The van der Waals surface area contributed by atoms with Crippen molar-refractivity contribution in [1.82, 2.24) is 9.97 Å². The maximum atomic E-state index is 11.9. The molecule has 102 valence electrons. The van der Waals surface area contributed by atoms with Crippen LogP contribution in [0.1, 0.15) is 11.1 Å². The van der Waals surface area contributed by atoms with Crippen LogP contribution in [0, 0.1) is 0 Å². The molecular weight excluding hydrogens is 250 g/mol. The Morgan fingerprint density at radius 2 is 1.42 bits per heavy atom. The molecule has 0 fully saturated rings. The minimum atomic E-state index is -0.542. The van der Waals surface area contributed by atoms with Crippen molar-refractivity contribution in [3.63, 3.8) is 0 Å². The van der Waals surface area contributed by atoms with Gasteiger partial charge < -0.3 is 11.5 Å². The Labute approximate surface area is 110 Å². The fourth-order valence-electron chi connectivity index (χ4n) is 1.30. The van der Waals surface area contributed by atoms with Gasteiger partial charge in [0, 0.05) is 48.1 Å². The van der Waals surface area contributed by atoms with Crippen LogP contribution in [0.5, 0.6) is 0 Å². The number of nitrogen functional groups attached to an aromatic ring is 2. The Balaban J connectivity index is 0.000000191. The summed E-state index contributed by atoms with van der Waals surface area (Å²) >= 11 is 0. The number of hydrogen-bond donors (Lipinski definition) is 2. The van der Waals surface area contributed by atoms with Crippen LogP contribution in [0.3, 0.4) is 0 Å². The minimum absolute atomic E-state index is 0.361. The number of aromatic nitrogens is 2. The Kier molecular flexibility index (Phi) is 6.21. The summed E-state index contributed by atoms with van der Waals surface area (Å²) in [5, 5.41) is 0. The first-order valence-corrected chi connectivity index (χ1v) is 5.67. The normalized spacial score (nSPS) is 9.58. The fraction of sp³-hybridized carbons (Fsp3) is 0.231. The van der Waals surface area contributed by atoms with Crippen molar-refractivity contribution >= 4 is 11.4 Å². The number of hydrogen-bond acceptors (Lipinski definition) is 4. The van der Waals surface area contributed by atoms with E-state index in [-0.39, 0.29) is 6.67 Å². The van der Waals surface area contributed by atoms with Crippen LogP contribution in [-0.2, 0) is 13.1 Å². The summed E-state index contributed by atoms with van der Waals surface area (Å²) < 4.78 is 23.6. The van der Waals surface area contributed by atoms with E-state index in [0.717, 1.165) is 5.56 Å². The van der Waals surface area contributed by atoms with Gasteiger partial charge in [-0.3, -0.25) is 14.4 Å². The molecule has 0 aliphatic rings. The van der Waals surface area contributed by atoms with Gasteiger partial charge in [0.1, 0.15) is 6.67 Å². The molecule has 2 rings (SSSR count). The number of alkyl halides is 2. The monoisotopic (exact) mass is 266 g/mol. The van der Waals surface area contributed by atoms with E-state index in [9.17, 15) is 8.78 Å². The van der Waals surface area contributed by atoms with Gasteiger partial charge in [0.15, 0.2) is 0 Å². The molecule has 0 radical (unpaired) electrons. The van der Waals surface area contributed by atoms with Gasteiger partial charge in [-0.1, -0.05) is 0 Å². The van der Waals surface area contributed by atoms with E-state index >= 15 is 0 Å². The first-order valence-electron chi connectivity index (χ1n) is 5.67. The van der Waals surface area contributed by atoms with Gasteiger partial charge in [-0.2, -0.15) is 0 Å². The standard InChI is InChI=1S/C7H9FN2.C6H7FN2/c8-3-1-6-5-10-4-2-7(6)9;7-3-5-4-9-2-1-6(5)8/h2,4-5H,1,3H2,(H2,9,10);1-2,4H,3H2,(H2,8,9). The molecule has 4 nitrogen and oxygen atoms in total. The number of pyridine rings is 2. The van der Waals surface area contributed by atoms with Crippen molar-refractivity contribution in [3.8, 4) is 0 Å². The first-order chi connectivity index (χ1) is 9.19. The van der Waals surface area contributed by atoms with E-state index in [2.05, 4.69) is 9.97 Å². The van der Waals surface area contributed by atoms with Crippen molar-refractivity contribution < 1.29 is 8.78 Å². The summed E-state index contributed by atoms with van der Waals surface area (Å²) in [6, 6.07) is 3.25. The molecule has 0 saturated heterocycles. The summed E-state index contributed by atoms with van der Waals surface area (Å²) in [5.74, 6) is 0. The molecule has 4 N–H and O–H groups in total. The first kappa shape index (κ1) is 14.8. The number of halogens is 2. The van der Waals surface area contributed by atoms with Gasteiger partial charge in [0.05, 0.1) is 6.67 Å². The molecule has 0 aliphatic heterocycles. The van der Waals surface area contributed by atoms with Crippen LogP contribution in [-0.4, -0.2) is 16.6 Å². The second-order valence-electron chi connectivity index (χ2n) is 3.72. The van der Waals surface area contributed by atoms with E-state index in [1.807, 2.05) is 0 Å². The smallest absolute Gasteiger partial charge is 0.118 e. The number of aryl methyl sites for hydroxylation is 1. The molecule has 0 bridgehead atoms. The van der Waals surface area contributed by atoms with Gasteiger partial charge in [-0.15, -0.1) is 0 Å². The van der Waals surface area contributed by atoms with Crippen LogP contribution < -0.4 is 11.5 Å². The van der Waals surface area contributed by atoms with Gasteiger partial charge in [0.2, 0.25) is 0 Å². The maximum absolute atomic E-state index is 11.9. The molecular formula is C13H16F2N4. The van der Waals surface area contributed by atoms with E-state index in [1.165, 1.54) is 12.4 Å². The third-order valence-corrected chi connectivity index (χ3v) is 2.39. The molecule has 0 aromatic carbocycles. The lowest BCUT2D eigenvalue weighted by Crippen LogP contribution is -1.95. The summed E-state index contributed by atoms with van der Waals surface area (Å²) in [5.41, 5.74) is 13.2. The second kappa shape index (κ2) is 7.97. The number of nitrogens with two attached hydrogens (primary N) is 2. The van der Waals surface area contributed by atoms with Crippen LogP contribution in [0.15, 0.2) is 36.9 Å². The van der Waals surface area contributed by atoms with Crippen molar-refractivity contribution in [2.24, 2.45) is 0 Å². The highest BCUT2D eigenvalue weighted by molar-refractivity contribution is 5.44. The predicted molar refractivity (Wildman–Crippen MR) is 71.8 cm³/mol. The highest BCUT2D eigenvalue weighted by Crippen LogP contribution is 2.09. The lowest BCUT2D eigenvalue weighted by molar-refractivity contribution is 0.485. The van der Waals surface area contributed by atoms with Crippen molar-refractivity contribution in [3.05, 3.63) is 48.0 Å². The van der Waals surface area contributed by atoms with Crippen LogP contribution in [0.2, 0.25) is 0 Å². The minimum Gasteiger partial charge on any atom is -0.398 e. The molecule has 0 saturated carbocycles.